The molecule has 3 aromatic rings. The van der Waals surface area contributed by atoms with Gasteiger partial charge in [0.05, 0.1) is 11.5 Å². The molecular weight excluding hydrogens is 435 g/mol. The molecule has 3 rings (SSSR count). The fraction of sp³-hybridized carbons (Fsp3) is 0.304. The van der Waals surface area contributed by atoms with Gasteiger partial charge in [0, 0.05) is 23.5 Å². The predicted molar refractivity (Wildman–Crippen MR) is 118 cm³/mol. The van der Waals surface area contributed by atoms with Gasteiger partial charge in [-0.15, -0.1) is 0 Å². The monoisotopic (exact) mass is 461 g/mol. The summed E-state index contributed by atoms with van der Waals surface area (Å²) in [5, 5.41) is 7.42. The topological polar surface area (TPSA) is 98.2 Å². The molecule has 2 unspecified atom stereocenters. The Hall–Kier alpha value is -3.53. The number of ether oxygens (including phenoxy) is 1. The summed E-state index contributed by atoms with van der Waals surface area (Å²) in [5.41, 5.74) is 3.33. The van der Waals surface area contributed by atoms with Crippen molar-refractivity contribution in [3.63, 3.8) is 0 Å². The zero-order valence-electron chi connectivity index (χ0n) is 18.5. The minimum atomic E-state index is -4.39. The number of rotatable bonds is 9. The Kier molecular flexibility index (Phi) is 7.59. The first-order valence-corrected chi connectivity index (χ1v) is 10.4. The molecule has 7 nitrogen and oxygen atoms in total. The summed E-state index contributed by atoms with van der Waals surface area (Å²) >= 11 is 0. The van der Waals surface area contributed by atoms with Gasteiger partial charge in [-0.2, -0.15) is 18.2 Å². The quantitative estimate of drug-likeness (QED) is 0.292. The van der Waals surface area contributed by atoms with Gasteiger partial charge in [-0.3, -0.25) is 5.84 Å². The predicted octanol–water partition coefficient (Wildman–Crippen LogP) is 5.34. The van der Waals surface area contributed by atoms with Crippen LogP contribution >= 0.6 is 0 Å². The summed E-state index contributed by atoms with van der Waals surface area (Å²) in [6.45, 7) is 6.06. The van der Waals surface area contributed by atoms with E-state index in [9.17, 15) is 13.2 Å². The van der Waals surface area contributed by atoms with Gasteiger partial charge >= 0.3 is 6.18 Å². The lowest BCUT2D eigenvalue weighted by Crippen LogP contribution is -2.30. The maximum absolute atomic E-state index is 12.7. The highest BCUT2D eigenvalue weighted by molar-refractivity contribution is 5.56. The number of allylic oxidation sites excluding steroid dienone is 1. The van der Waals surface area contributed by atoms with Crippen molar-refractivity contribution in [2.45, 2.75) is 45.3 Å². The molecule has 176 valence electrons. The summed E-state index contributed by atoms with van der Waals surface area (Å²) in [7, 11) is 0. The number of alkyl halides is 3. The normalized spacial score (nSPS) is 14.0. The largest absolute Gasteiger partial charge is 0.457 e. The molecule has 0 aliphatic heterocycles. The number of hydrogen-bond donors (Lipinski definition) is 3. The third-order valence-corrected chi connectivity index (χ3v) is 5.07. The number of nitrogens with zero attached hydrogens (tertiary/aromatic N) is 2. The van der Waals surface area contributed by atoms with Crippen molar-refractivity contribution in [2.24, 2.45) is 5.84 Å². The Labute approximate surface area is 189 Å². The molecule has 0 spiro atoms. The third-order valence-electron chi connectivity index (χ3n) is 5.07. The lowest BCUT2D eigenvalue weighted by atomic mass is 10.1. The average molecular weight is 461 g/mol. The minimum absolute atomic E-state index is 0.210. The van der Waals surface area contributed by atoms with Crippen LogP contribution in [0, 0.1) is 0 Å². The van der Waals surface area contributed by atoms with Gasteiger partial charge in [-0.25, -0.2) is 0 Å². The van der Waals surface area contributed by atoms with Gasteiger partial charge in [0.2, 0.25) is 11.7 Å². The minimum Gasteiger partial charge on any atom is -0.457 e. The van der Waals surface area contributed by atoms with Gasteiger partial charge in [-0.1, -0.05) is 12.1 Å². The van der Waals surface area contributed by atoms with Crippen molar-refractivity contribution in [3.8, 4) is 22.9 Å². The van der Waals surface area contributed by atoms with E-state index in [0.717, 1.165) is 24.3 Å². The highest BCUT2D eigenvalue weighted by Crippen LogP contribution is 2.32. The number of hydrogen-bond acceptors (Lipinski definition) is 7. The van der Waals surface area contributed by atoms with Gasteiger partial charge in [0.1, 0.15) is 11.5 Å². The average Bonchev–Trinajstić information content (AvgIpc) is 3.29. The van der Waals surface area contributed by atoms with Crippen molar-refractivity contribution < 1.29 is 22.4 Å². The first-order valence-electron chi connectivity index (χ1n) is 10.4. The zero-order valence-corrected chi connectivity index (χ0v) is 18.5. The molecule has 1 aromatic heterocycles. The molecule has 0 amide bonds. The van der Waals surface area contributed by atoms with Crippen LogP contribution in [0.1, 0.15) is 44.6 Å². The van der Waals surface area contributed by atoms with Crippen LogP contribution in [0.15, 0.2) is 65.0 Å². The van der Waals surface area contributed by atoms with E-state index in [1.165, 1.54) is 12.1 Å². The van der Waals surface area contributed by atoms with Crippen LogP contribution in [0.2, 0.25) is 0 Å². The molecular formula is C23H26F3N5O2. The summed E-state index contributed by atoms with van der Waals surface area (Å²) in [5.74, 6) is 6.84. The van der Waals surface area contributed by atoms with Crippen LogP contribution in [-0.2, 0) is 6.18 Å². The third kappa shape index (κ3) is 6.26. The molecule has 0 aliphatic carbocycles. The fourth-order valence-electron chi connectivity index (χ4n) is 2.95. The second-order valence-corrected chi connectivity index (χ2v) is 7.55. The maximum Gasteiger partial charge on any atom is 0.416 e. The van der Waals surface area contributed by atoms with Gasteiger partial charge in [0.25, 0.3) is 0 Å². The molecule has 2 aromatic carbocycles. The number of aromatic nitrogens is 2. The molecule has 0 radical (unpaired) electrons. The summed E-state index contributed by atoms with van der Waals surface area (Å²) in [6.07, 6.45) is -1.79. The molecule has 0 saturated carbocycles. The highest BCUT2D eigenvalue weighted by Gasteiger charge is 2.30. The standard InChI is InChI=1S/C23H26F3N5O2/c1-4-14(2)29-20(13-28-27)15(3)22-30-21(31-33-22)16-5-9-18(10-6-16)32-19-11-7-17(8-12-19)23(24,25)26/h5-15,28-29H,4,27H2,1-3H3/b20-13+. The van der Waals surface area contributed by atoms with Crippen LogP contribution in [0.25, 0.3) is 11.4 Å². The molecule has 10 heteroatoms. The van der Waals surface area contributed by atoms with Crippen molar-refractivity contribution in [1.29, 1.82) is 0 Å². The molecule has 0 aliphatic rings. The lowest BCUT2D eigenvalue weighted by Gasteiger charge is -2.19. The number of benzene rings is 2. The number of hydrazine groups is 1. The van der Waals surface area contributed by atoms with E-state index >= 15 is 0 Å². The Morgan fingerprint density at radius 3 is 2.24 bits per heavy atom. The Balaban J connectivity index is 1.70. The summed E-state index contributed by atoms with van der Waals surface area (Å²) in [6, 6.07) is 11.6. The van der Waals surface area contributed by atoms with E-state index in [0.29, 0.717) is 28.8 Å². The molecule has 0 bridgehead atoms. The smallest absolute Gasteiger partial charge is 0.416 e. The molecule has 4 N–H and O–H groups in total. The van der Waals surface area contributed by atoms with Crippen LogP contribution in [0.4, 0.5) is 13.2 Å². The van der Waals surface area contributed by atoms with Crippen molar-refractivity contribution in [2.75, 3.05) is 0 Å². The number of halogens is 3. The second-order valence-electron chi connectivity index (χ2n) is 7.55. The first-order chi connectivity index (χ1) is 15.7. The van der Waals surface area contributed by atoms with Gasteiger partial charge in [-0.05, 0) is 68.8 Å². The van der Waals surface area contributed by atoms with Crippen molar-refractivity contribution in [1.82, 2.24) is 20.9 Å². The van der Waals surface area contributed by atoms with Gasteiger partial charge < -0.3 is 20.0 Å². The number of nitrogens with one attached hydrogen (secondary N) is 2. The second kappa shape index (κ2) is 10.4. The van der Waals surface area contributed by atoms with Crippen molar-refractivity contribution >= 4 is 0 Å². The van der Waals surface area contributed by atoms with E-state index in [2.05, 4.69) is 34.7 Å². The van der Waals surface area contributed by atoms with E-state index in [1.807, 2.05) is 6.92 Å². The van der Waals surface area contributed by atoms with Crippen molar-refractivity contribution in [3.05, 3.63) is 71.9 Å². The number of nitrogens with two attached hydrogens (primary N) is 1. The van der Waals surface area contributed by atoms with E-state index in [1.54, 1.807) is 30.5 Å². The van der Waals surface area contributed by atoms with Crippen LogP contribution in [0.5, 0.6) is 11.5 Å². The lowest BCUT2D eigenvalue weighted by molar-refractivity contribution is -0.137. The Morgan fingerprint density at radius 1 is 1.09 bits per heavy atom. The SMILES string of the molecule is CCC(C)N/C(=C/NN)C(C)c1nc(-c2ccc(Oc3ccc(C(F)(F)F)cc3)cc2)no1. The molecule has 0 saturated heterocycles. The van der Waals surface area contributed by atoms with E-state index in [4.69, 9.17) is 15.1 Å². The van der Waals surface area contributed by atoms with Gasteiger partial charge in [0.15, 0.2) is 0 Å². The molecule has 33 heavy (non-hydrogen) atoms. The molecule has 0 fully saturated rings. The highest BCUT2D eigenvalue weighted by atomic mass is 19.4. The first kappa shape index (κ1) is 24.1. The Morgan fingerprint density at radius 2 is 1.70 bits per heavy atom. The van der Waals surface area contributed by atoms with Crippen LogP contribution in [-0.4, -0.2) is 16.2 Å². The van der Waals surface area contributed by atoms with E-state index < -0.39 is 11.7 Å². The van der Waals surface area contributed by atoms with E-state index in [-0.39, 0.29) is 12.0 Å². The molecule has 1 heterocycles. The Bertz CT molecular complexity index is 1060. The molecule has 2 atom stereocenters. The fourth-order valence-corrected chi connectivity index (χ4v) is 2.95. The van der Waals surface area contributed by atoms with Crippen LogP contribution < -0.4 is 21.3 Å². The summed E-state index contributed by atoms with van der Waals surface area (Å²) in [4.78, 5) is 4.49. The zero-order chi connectivity index (χ0) is 24.0. The maximum atomic E-state index is 12.7. The van der Waals surface area contributed by atoms with Crippen LogP contribution in [0.3, 0.4) is 0 Å². The summed E-state index contributed by atoms with van der Waals surface area (Å²) < 4.78 is 49.1.